The van der Waals surface area contributed by atoms with Crippen LogP contribution in [-0.4, -0.2) is 37.0 Å². The maximum atomic E-state index is 12.3. The smallest absolute Gasteiger partial charge is 0.223 e. The molecule has 0 radical (unpaired) electrons. The molecule has 3 nitrogen and oxygen atoms in total. The lowest BCUT2D eigenvalue weighted by Gasteiger charge is -2.29. The van der Waals surface area contributed by atoms with Crippen molar-refractivity contribution in [2.75, 3.05) is 26.2 Å². The Kier molecular flexibility index (Phi) is 4.97. The average molecular weight is 260 g/mol. The molecule has 104 valence electrons. The molecular weight excluding hydrogens is 236 g/mol. The summed E-state index contributed by atoms with van der Waals surface area (Å²) in [4.78, 5) is 14.3. The first kappa shape index (κ1) is 14.1. The van der Waals surface area contributed by atoms with Gasteiger partial charge in [-0.05, 0) is 24.8 Å². The van der Waals surface area contributed by atoms with Crippen molar-refractivity contribution in [1.82, 2.24) is 10.2 Å². The fourth-order valence-corrected chi connectivity index (χ4v) is 2.59. The number of nitrogens with zero attached hydrogens (tertiary/aromatic N) is 1. The predicted octanol–water partition coefficient (Wildman–Crippen LogP) is 2.31. The lowest BCUT2D eigenvalue weighted by Crippen LogP contribution is -2.46. The van der Waals surface area contributed by atoms with Crippen molar-refractivity contribution >= 4 is 5.91 Å². The fraction of sp³-hybridized carbons (Fsp3) is 0.562. The van der Waals surface area contributed by atoms with E-state index in [1.54, 1.807) is 0 Å². The van der Waals surface area contributed by atoms with Gasteiger partial charge in [-0.3, -0.25) is 4.79 Å². The minimum absolute atomic E-state index is 0.300. The maximum absolute atomic E-state index is 12.3. The first-order valence-corrected chi connectivity index (χ1v) is 7.25. The van der Waals surface area contributed by atoms with Crippen LogP contribution in [-0.2, 0) is 4.79 Å². The fourth-order valence-electron chi connectivity index (χ4n) is 2.59. The highest BCUT2D eigenvalue weighted by Gasteiger charge is 2.20. The molecule has 1 aliphatic rings. The van der Waals surface area contributed by atoms with Crippen LogP contribution in [0, 0.1) is 6.92 Å². The Hall–Kier alpha value is -1.35. The monoisotopic (exact) mass is 260 g/mol. The van der Waals surface area contributed by atoms with Crippen LogP contribution in [0.5, 0.6) is 0 Å². The first-order valence-electron chi connectivity index (χ1n) is 7.25. The second-order valence-corrected chi connectivity index (χ2v) is 5.35. The quantitative estimate of drug-likeness (QED) is 0.901. The number of hydrogen-bond acceptors (Lipinski definition) is 2. The average Bonchev–Trinajstić information content (AvgIpc) is 2.46. The molecule has 1 fully saturated rings. The Balaban J connectivity index is 1.98. The van der Waals surface area contributed by atoms with E-state index in [-0.39, 0.29) is 0 Å². The van der Waals surface area contributed by atoms with Crippen molar-refractivity contribution in [3.8, 4) is 0 Å². The van der Waals surface area contributed by atoms with Crippen molar-refractivity contribution in [2.45, 2.75) is 32.6 Å². The molecule has 1 unspecified atom stereocenters. The van der Waals surface area contributed by atoms with Crippen LogP contribution in [0.15, 0.2) is 24.3 Å². The highest BCUT2D eigenvalue weighted by Crippen LogP contribution is 2.24. The van der Waals surface area contributed by atoms with Crippen LogP contribution in [0.3, 0.4) is 0 Å². The standard InChI is InChI=1S/C16H24N2O/c1-3-14(15-6-4-13(2)5-7-15)12-16(19)18-10-8-17-9-11-18/h4-7,14,17H,3,8-12H2,1-2H3. The maximum Gasteiger partial charge on any atom is 0.223 e. The molecule has 0 spiro atoms. The summed E-state index contributed by atoms with van der Waals surface area (Å²) in [6.07, 6.45) is 1.65. The molecule has 1 aliphatic heterocycles. The van der Waals surface area contributed by atoms with Crippen LogP contribution in [0.4, 0.5) is 0 Å². The van der Waals surface area contributed by atoms with Gasteiger partial charge in [-0.25, -0.2) is 0 Å². The molecule has 1 N–H and O–H groups in total. The zero-order chi connectivity index (χ0) is 13.7. The van der Waals surface area contributed by atoms with E-state index in [0.717, 1.165) is 32.6 Å². The summed E-state index contributed by atoms with van der Waals surface area (Å²) < 4.78 is 0. The largest absolute Gasteiger partial charge is 0.340 e. The lowest BCUT2D eigenvalue weighted by atomic mass is 9.92. The van der Waals surface area contributed by atoms with E-state index in [1.807, 2.05) is 4.90 Å². The van der Waals surface area contributed by atoms with E-state index in [1.165, 1.54) is 11.1 Å². The van der Waals surface area contributed by atoms with Crippen LogP contribution < -0.4 is 5.32 Å². The van der Waals surface area contributed by atoms with Crippen LogP contribution in [0.25, 0.3) is 0 Å². The number of benzene rings is 1. The van der Waals surface area contributed by atoms with E-state index in [2.05, 4.69) is 43.4 Å². The van der Waals surface area contributed by atoms with E-state index in [4.69, 9.17) is 0 Å². The first-order chi connectivity index (χ1) is 9.20. The normalized spacial score (nSPS) is 17.3. The molecule has 3 heteroatoms. The Morgan fingerprint density at radius 2 is 1.89 bits per heavy atom. The summed E-state index contributed by atoms with van der Waals surface area (Å²) in [5, 5.41) is 3.28. The molecule has 1 aromatic rings. The van der Waals surface area contributed by atoms with Crippen molar-refractivity contribution in [2.24, 2.45) is 0 Å². The lowest BCUT2D eigenvalue weighted by molar-refractivity contribution is -0.132. The van der Waals surface area contributed by atoms with Crippen LogP contribution in [0.2, 0.25) is 0 Å². The van der Waals surface area contributed by atoms with Gasteiger partial charge < -0.3 is 10.2 Å². The number of aryl methyl sites for hydroxylation is 1. The summed E-state index contributed by atoms with van der Waals surface area (Å²) >= 11 is 0. The van der Waals surface area contributed by atoms with Gasteiger partial charge in [0.05, 0.1) is 0 Å². The third-order valence-electron chi connectivity index (χ3n) is 3.93. The highest BCUT2D eigenvalue weighted by molar-refractivity contribution is 5.77. The molecule has 0 aliphatic carbocycles. The van der Waals surface area contributed by atoms with Crippen LogP contribution in [0.1, 0.15) is 36.8 Å². The van der Waals surface area contributed by atoms with Gasteiger partial charge in [0.2, 0.25) is 5.91 Å². The van der Waals surface area contributed by atoms with E-state index in [0.29, 0.717) is 18.2 Å². The SMILES string of the molecule is CCC(CC(=O)N1CCNCC1)c1ccc(C)cc1. The van der Waals surface area contributed by atoms with Gasteiger partial charge in [-0.1, -0.05) is 36.8 Å². The minimum atomic E-state index is 0.300. The summed E-state index contributed by atoms with van der Waals surface area (Å²) in [5.74, 6) is 0.650. The van der Waals surface area contributed by atoms with Gasteiger partial charge >= 0.3 is 0 Å². The molecule has 1 amide bonds. The van der Waals surface area contributed by atoms with Crippen LogP contribution >= 0.6 is 0 Å². The molecule has 2 rings (SSSR count). The summed E-state index contributed by atoms with van der Waals surface area (Å²) in [7, 11) is 0. The van der Waals surface area contributed by atoms with Gasteiger partial charge in [0.15, 0.2) is 0 Å². The van der Waals surface area contributed by atoms with Crippen molar-refractivity contribution in [1.29, 1.82) is 0 Å². The number of rotatable bonds is 4. The highest BCUT2D eigenvalue weighted by atomic mass is 16.2. The number of carbonyl (C=O) groups is 1. The van der Waals surface area contributed by atoms with Gasteiger partial charge in [-0.2, -0.15) is 0 Å². The number of amides is 1. The molecule has 19 heavy (non-hydrogen) atoms. The number of hydrogen-bond donors (Lipinski definition) is 1. The molecule has 1 saturated heterocycles. The zero-order valence-corrected chi connectivity index (χ0v) is 12.0. The topological polar surface area (TPSA) is 32.3 Å². The zero-order valence-electron chi connectivity index (χ0n) is 12.0. The Morgan fingerprint density at radius 3 is 2.47 bits per heavy atom. The number of piperazine rings is 1. The molecule has 0 bridgehead atoms. The summed E-state index contributed by atoms with van der Waals surface area (Å²) in [6, 6.07) is 8.59. The van der Waals surface area contributed by atoms with Gasteiger partial charge in [0.1, 0.15) is 0 Å². The van der Waals surface area contributed by atoms with Crippen molar-refractivity contribution in [3.63, 3.8) is 0 Å². The molecule has 1 heterocycles. The van der Waals surface area contributed by atoms with Gasteiger partial charge in [0, 0.05) is 32.6 Å². The molecular formula is C16H24N2O. The summed E-state index contributed by atoms with van der Waals surface area (Å²) in [5.41, 5.74) is 2.56. The van der Waals surface area contributed by atoms with Gasteiger partial charge in [0.25, 0.3) is 0 Å². The predicted molar refractivity (Wildman–Crippen MR) is 78.3 cm³/mol. The second kappa shape index (κ2) is 6.71. The number of nitrogens with one attached hydrogen (secondary N) is 1. The van der Waals surface area contributed by atoms with E-state index in [9.17, 15) is 4.79 Å². The van der Waals surface area contributed by atoms with E-state index >= 15 is 0 Å². The summed E-state index contributed by atoms with van der Waals surface area (Å²) in [6.45, 7) is 7.80. The second-order valence-electron chi connectivity index (χ2n) is 5.35. The minimum Gasteiger partial charge on any atom is -0.340 e. The molecule has 0 saturated carbocycles. The Bertz CT molecular complexity index is 407. The van der Waals surface area contributed by atoms with Crippen molar-refractivity contribution in [3.05, 3.63) is 35.4 Å². The number of carbonyl (C=O) groups excluding carboxylic acids is 1. The third kappa shape index (κ3) is 3.80. The Labute approximate surface area is 116 Å². The molecule has 1 aromatic carbocycles. The molecule has 0 aromatic heterocycles. The Morgan fingerprint density at radius 1 is 1.26 bits per heavy atom. The van der Waals surface area contributed by atoms with Crippen molar-refractivity contribution < 1.29 is 4.79 Å². The molecule has 1 atom stereocenters. The third-order valence-corrected chi connectivity index (χ3v) is 3.93. The van der Waals surface area contributed by atoms with Gasteiger partial charge in [-0.15, -0.1) is 0 Å². The van der Waals surface area contributed by atoms with E-state index < -0.39 is 0 Å².